The maximum Gasteiger partial charge on any atom is 0.291 e. The van der Waals surface area contributed by atoms with E-state index in [1.165, 1.54) is 16.3 Å². The number of para-hydroxylation sites is 1. The third kappa shape index (κ3) is 2.65. The SMILES string of the molecule is c1ccc2c(-c3ccc4c[n+](-c5ccc6ccncc6c5)cnc4c3)c[nH]c2c1. The van der Waals surface area contributed by atoms with E-state index in [4.69, 9.17) is 4.98 Å². The molecule has 0 fully saturated rings. The molecular formula is C25H17N4+. The van der Waals surface area contributed by atoms with Gasteiger partial charge in [0.1, 0.15) is 11.9 Å². The largest absolute Gasteiger partial charge is 0.361 e. The topological polar surface area (TPSA) is 45.5 Å². The van der Waals surface area contributed by atoms with E-state index in [0.717, 1.165) is 33.1 Å². The number of benzene rings is 3. The van der Waals surface area contributed by atoms with Crippen molar-refractivity contribution in [1.29, 1.82) is 0 Å². The van der Waals surface area contributed by atoms with E-state index < -0.39 is 0 Å². The number of pyridine rings is 1. The number of hydrogen-bond donors (Lipinski definition) is 1. The molecule has 29 heavy (non-hydrogen) atoms. The van der Waals surface area contributed by atoms with Crippen molar-refractivity contribution < 1.29 is 4.57 Å². The Bertz CT molecular complexity index is 1510. The van der Waals surface area contributed by atoms with Crippen LogP contribution in [0, 0.1) is 0 Å². The van der Waals surface area contributed by atoms with E-state index in [1.807, 2.05) is 30.9 Å². The molecule has 0 aliphatic carbocycles. The Morgan fingerprint density at radius 1 is 0.828 bits per heavy atom. The standard InChI is InChI=1S/C25H16N4/c1-2-4-24-22(3-1)23(14-27-24)18-5-6-19-15-29(16-28-25(19)12-18)21-8-7-17-9-10-26-13-20(17)11-21/h1-16H/p+1. The second kappa shape index (κ2) is 6.24. The van der Waals surface area contributed by atoms with Crippen LogP contribution >= 0.6 is 0 Å². The lowest BCUT2D eigenvalue weighted by Crippen LogP contribution is -2.30. The Hall–Kier alpha value is -4.05. The monoisotopic (exact) mass is 373 g/mol. The molecule has 3 heterocycles. The third-order valence-electron chi connectivity index (χ3n) is 5.45. The number of rotatable bonds is 2. The van der Waals surface area contributed by atoms with Crippen LogP contribution in [0.4, 0.5) is 0 Å². The first-order chi connectivity index (χ1) is 14.3. The Morgan fingerprint density at radius 3 is 2.76 bits per heavy atom. The molecule has 0 aliphatic rings. The van der Waals surface area contributed by atoms with Gasteiger partial charge in [0.2, 0.25) is 0 Å². The summed E-state index contributed by atoms with van der Waals surface area (Å²) in [5.41, 5.74) is 5.55. The normalized spacial score (nSPS) is 11.4. The number of nitrogens with zero attached hydrogens (tertiary/aromatic N) is 3. The first-order valence-electron chi connectivity index (χ1n) is 9.57. The summed E-state index contributed by atoms with van der Waals surface area (Å²) in [5, 5.41) is 4.62. The van der Waals surface area contributed by atoms with E-state index in [-0.39, 0.29) is 0 Å². The van der Waals surface area contributed by atoms with Gasteiger partial charge < -0.3 is 4.98 Å². The minimum absolute atomic E-state index is 0.978. The first kappa shape index (κ1) is 16.0. The molecule has 3 aromatic carbocycles. The van der Waals surface area contributed by atoms with Crippen molar-refractivity contribution in [3.05, 3.63) is 97.8 Å². The maximum atomic E-state index is 4.73. The highest BCUT2D eigenvalue weighted by Crippen LogP contribution is 2.30. The average Bonchev–Trinajstić information content (AvgIpc) is 3.22. The van der Waals surface area contributed by atoms with Crippen LogP contribution in [-0.2, 0) is 0 Å². The average molecular weight is 373 g/mol. The summed E-state index contributed by atoms with van der Waals surface area (Å²) in [6.07, 6.45) is 9.77. The van der Waals surface area contributed by atoms with E-state index in [0.29, 0.717) is 0 Å². The fourth-order valence-electron chi connectivity index (χ4n) is 3.92. The molecule has 6 aromatic rings. The number of fused-ring (bicyclic) bond motifs is 3. The minimum atomic E-state index is 0.978. The van der Waals surface area contributed by atoms with Crippen LogP contribution in [0.5, 0.6) is 0 Å². The van der Waals surface area contributed by atoms with Crippen LogP contribution in [0.1, 0.15) is 0 Å². The number of aromatic amines is 1. The van der Waals surface area contributed by atoms with E-state index in [1.54, 1.807) is 0 Å². The van der Waals surface area contributed by atoms with E-state index in [2.05, 4.69) is 81.5 Å². The Kier molecular flexibility index (Phi) is 3.43. The molecule has 3 aromatic heterocycles. The highest BCUT2D eigenvalue weighted by atomic mass is 15.0. The van der Waals surface area contributed by atoms with Crippen molar-refractivity contribution >= 4 is 32.6 Å². The highest BCUT2D eigenvalue weighted by molar-refractivity contribution is 5.97. The van der Waals surface area contributed by atoms with Crippen molar-refractivity contribution in [1.82, 2.24) is 15.0 Å². The van der Waals surface area contributed by atoms with Crippen LogP contribution in [0.25, 0.3) is 49.4 Å². The van der Waals surface area contributed by atoms with Crippen molar-refractivity contribution in [3.8, 4) is 16.8 Å². The number of hydrogen-bond acceptors (Lipinski definition) is 2. The van der Waals surface area contributed by atoms with Gasteiger partial charge in [0, 0.05) is 40.4 Å². The minimum Gasteiger partial charge on any atom is -0.361 e. The van der Waals surface area contributed by atoms with Gasteiger partial charge in [-0.1, -0.05) is 30.3 Å². The molecule has 0 aliphatic heterocycles. The van der Waals surface area contributed by atoms with E-state index in [9.17, 15) is 0 Å². The van der Waals surface area contributed by atoms with Crippen LogP contribution in [-0.4, -0.2) is 15.0 Å². The molecule has 4 heteroatoms. The molecule has 0 spiro atoms. The summed E-state index contributed by atoms with van der Waals surface area (Å²) in [5.74, 6) is 0. The zero-order valence-corrected chi connectivity index (χ0v) is 15.6. The van der Waals surface area contributed by atoms with Gasteiger partial charge >= 0.3 is 0 Å². The molecule has 1 N–H and O–H groups in total. The van der Waals surface area contributed by atoms with Gasteiger partial charge in [0.05, 0.1) is 5.39 Å². The van der Waals surface area contributed by atoms with Crippen molar-refractivity contribution in [2.24, 2.45) is 0 Å². The maximum absolute atomic E-state index is 4.73. The molecule has 0 amide bonds. The summed E-state index contributed by atoms with van der Waals surface area (Å²) in [6, 6.07) is 23.2. The molecule has 0 bridgehead atoms. The van der Waals surface area contributed by atoms with Crippen LogP contribution in [0.2, 0.25) is 0 Å². The van der Waals surface area contributed by atoms with Gasteiger partial charge in [-0.3, -0.25) is 4.98 Å². The fraction of sp³-hybridized carbons (Fsp3) is 0. The highest BCUT2D eigenvalue weighted by Gasteiger charge is 2.11. The Morgan fingerprint density at radius 2 is 1.76 bits per heavy atom. The molecule has 0 atom stereocenters. The van der Waals surface area contributed by atoms with Gasteiger partial charge in [-0.05, 0) is 52.3 Å². The summed E-state index contributed by atoms with van der Waals surface area (Å²) < 4.78 is 2.06. The van der Waals surface area contributed by atoms with E-state index >= 15 is 0 Å². The quantitative estimate of drug-likeness (QED) is 0.424. The van der Waals surface area contributed by atoms with Gasteiger partial charge in [-0.15, -0.1) is 0 Å². The zero-order chi connectivity index (χ0) is 19.2. The first-order valence-corrected chi connectivity index (χ1v) is 9.57. The fourth-order valence-corrected chi connectivity index (χ4v) is 3.92. The summed E-state index contributed by atoms with van der Waals surface area (Å²) >= 11 is 0. The molecule has 6 rings (SSSR count). The van der Waals surface area contributed by atoms with Gasteiger partial charge in [-0.2, -0.15) is 0 Å². The summed E-state index contributed by atoms with van der Waals surface area (Å²) in [6.45, 7) is 0. The number of nitrogens with one attached hydrogen (secondary N) is 1. The van der Waals surface area contributed by atoms with Gasteiger partial charge in [0.15, 0.2) is 5.52 Å². The van der Waals surface area contributed by atoms with Gasteiger partial charge in [0.25, 0.3) is 6.33 Å². The Balaban J connectivity index is 1.44. The third-order valence-corrected chi connectivity index (χ3v) is 5.45. The van der Waals surface area contributed by atoms with Gasteiger partial charge in [-0.25, -0.2) is 4.57 Å². The number of H-pyrrole nitrogens is 1. The lowest BCUT2D eigenvalue weighted by atomic mass is 10.0. The number of aromatic nitrogens is 4. The lowest BCUT2D eigenvalue weighted by Gasteiger charge is -2.03. The van der Waals surface area contributed by atoms with Crippen LogP contribution in [0.15, 0.2) is 97.8 Å². The second-order valence-electron chi connectivity index (χ2n) is 7.21. The van der Waals surface area contributed by atoms with Crippen molar-refractivity contribution in [2.45, 2.75) is 0 Å². The molecular weight excluding hydrogens is 356 g/mol. The summed E-state index contributed by atoms with van der Waals surface area (Å²) in [7, 11) is 0. The van der Waals surface area contributed by atoms with Crippen LogP contribution < -0.4 is 4.57 Å². The molecule has 0 unspecified atom stereocenters. The van der Waals surface area contributed by atoms with Crippen molar-refractivity contribution in [3.63, 3.8) is 0 Å². The smallest absolute Gasteiger partial charge is 0.291 e. The van der Waals surface area contributed by atoms with Crippen LogP contribution in [0.3, 0.4) is 0 Å². The Labute approximate surface area is 167 Å². The summed E-state index contributed by atoms with van der Waals surface area (Å²) in [4.78, 5) is 12.3. The van der Waals surface area contributed by atoms with Crippen molar-refractivity contribution in [2.75, 3.05) is 0 Å². The predicted octanol–water partition coefficient (Wildman–Crippen LogP) is 5.21. The molecule has 4 nitrogen and oxygen atoms in total. The molecule has 0 saturated heterocycles. The lowest BCUT2D eigenvalue weighted by molar-refractivity contribution is -0.597. The predicted molar refractivity (Wildman–Crippen MR) is 116 cm³/mol. The molecule has 136 valence electrons. The molecule has 0 radical (unpaired) electrons. The molecule has 0 saturated carbocycles. The zero-order valence-electron chi connectivity index (χ0n) is 15.6. The second-order valence-corrected chi connectivity index (χ2v) is 7.21.